The quantitative estimate of drug-likeness (QED) is 0.225. The molecule has 7 rings (SSSR count). The van der Waals surface area contributed by atoms with Gasteiger partial charge in [0.2, 0.25) is 0 Å². The van der Waals surface area contributed by atoms with E-state index in [9.17, 15) is 54.2 Å². The molecule has 14 heteroatoms. The first-order valence-electron chi connectivity index (χ1n) is 18.2. The normalized spacial score (nSPS) is 42.4. The van der Waals surface area contributed by atoms with Gasteiger partial charge in [0.05, 0.1) is 5.92 Å². The minimum absolute atomic E-state index is 0.000862. The van der Waals surface area contributed by atoms with Gasteiger partial charge in [-0.2, -0.15) is 39.5 Å². The Kier molecular flexibility index (Phi) is 10.5. The number of rotatable bonds is 5. The first-order chi connectivity index (χ1) is 22.9. The van der Waals surface area contributed by atoms with Crippen LogP contribution < -0.4 is 0 Å². The van der Waals surface area contributed by atoms with Gasteiger partial charge in [0, 0.05) is 11.8 Å². The molecule has 288 valence electrons. The predicted molar refractivity (Wildman–Crippen MR) is 163 cm³/mol. The number of carbonyl (C=O) groups excluding carboxylic acids is 2. The summed E-state index contributed by atoms with van der Waals surface area (Å²) in [6.45, 7) is 10.9. The van der Waals surface area contributed by atoms with Crippen molar-refractivity contribution in [3.63, 3.8) is 0 Å². The number of aliphatic hydroxyl groups is 1. The Bertz CT molecular complexity index is 1230. The van der Waals surface area contributed by atoms with Crippen molar-refractivity contribution in [2.75, 3.05) is 0 Å². The molecule has 0 spiro atoms. The van der Waals surface area contributed by atoms with Crippen molar-refractivity contribution in [2.45, 2.75) is 136 Å². The van der Waals surface area contributed by atoms with Crippen LogP contribution >= 0.6 is 0 Å². The van der Waals surface area contributed by atoms with Crippen molar-refractivity contribution in [3.05, 3.63) is 0 Å². The molecular formula is C36H51F9O5. The number of ether oxygens (including phenoxy) is 2. The number of alkyl halides is 9. The van der Waals surface area contributed by atoms with Crippen molar-refractivity contribution in [3.8, 4) is 0 Å². The first kappa shape index (κ1) is 39.5. The van der Waals surface area contributed by atoms with E-state index in [0.717, 1.165) is 30.6 Å². The minimum Gasteiger partial charge on any atom is -0.458 e. The van der Waals surface area contributed by atoms with E-state index in [4.69, 9.17) is 9.47 Å². The number of halogens is 9. The SMILES string of the molecule is CC1C2CC(CC(O)(C(F)(F)F)C(F)(F)F)C(C2)C1C.CC1C2CCC(C2)C1C.CCC(C)(C(=O)OC1C2CC3C(=O)OC1C3C2)C(F)(F)F. The number of hydrogen-bond donors (Lipinski definition) is 1. The van der Waals surface area contributed by atoms with Crippen LogP contribution in [0.4, 0.5) is 39.5 Å². The monoisotopic (exact) mass is 734 g/mol. The molecule has 1 N–H and O–H groups in total. The van der Waals surface area contributed by atoms with E-state index in [1.807, 2.05) is 13.8 Å². The third-order valence-corrected chi connectivity index (χ3v) is 14.8. The lowest BCUT2D eigenvalue weighted by Crippen LogP contribution is -2.58. The second-order valence-corrected chi connectivity index (χ2v) is 16.9. The number of esters is 2. The van der Waals surface area contributed by atoms with Crippen LogP contribution in [0, 0.1) is 76.4 Å². The Labute approximate surface area is 287 Å². The van der Waals surface area contributed by atoms with Crippen molar-refractivity contribution >= 4 is 11.9 Å². The van der Waals surface area contributed by atoms with Crippen molar-refractivity contribution in [1.82, 2.24) is 0 Å². The molecule has 0 amide bonds. The topological polar surface area (TPSA) is 72.8 Å². The molecule has 50 heavy (non-hydrogen) atoms. The van der Waals surface area contributed by atoms with E-state index >= 15 is 0 Å². The van der Waals surface area contributed by atoms with Crippen molar-refractivity contribution < 1.29 is 63.7 Å². The van der Waals surface area contributed by atoms with Crippen LogP contribution in [0.1, 0.15) is 99.3 Å². The molecule has 6 aliphatic carbocycles. The molecule has 15 unspecified atom stereocenters. The van der Waals surface area contributed by atoms with Crippen molar-refractivity contribution in [1.29, 1.82) is 0 Å². The van der Waals surface area contributed by atoms with Gasteiger partial charge in [0.1, 0.15) is 12.2 Å². The zero-order valence-corrected chi connectivity index (χ0v) is 29.4. The molecule has 6 bridgehead atoms. The van der Waals surface area contributed by atoms with Gasteiger partial charge in [0.15, 0.2) is 5.41 Å². The molecular weight excluding hydrogens is 683 g/mol. The third-order valence-electron chi connectivity index (χ3n) is 14.8. The highest BCUT2D eigenvalue weighted by Crippen LogP contribution is 2.60. The van der Waals surface area contributed by atoms with Gasteiger partial charge >= 0.3 is 30.5 Å². The first-order valence-corrected chi connectivity index (χ1v) is 18.2. The molecule has 0 aromatic heterocycles. The van der Waals surface area contributed by atoms with Gasteiger partial charge in [-0.15, -0.1) is 0 Å². The number of carbonyl (C=O) groups is 2. The summed E-state index contributed by atoms with van der Waals surface area (Å²) in [5.74, 6) is 2.31. The fourth-order valence-electron chi connectivity index (χ4n) is 10.7. The second-order valence-electron chi connectivity index (χ2n) is 16.9. The fraction of sp³-hybridized carbons (Fsp3) is 0.944. The molecule has 5 nitrogen and oxygen atoms in total. The Morgan fingerprint density at radius 1 is 0.740 bits per heavy atom. The van der Waals surface area contributed by atoms with Gasteiger partial charge < -0.3 is 14.6 Å². The highest BCUT2D eigenvalue weighted by Gasteiger charge is 2.71. The van der Waals surface area contributed by atoms with Gasteiger partial charge in [-0.3, -0.25) is 9.59 Å². The van der Waals surface area contributed by atoms with Gasteiger partial charge in [-0.05, 0) is 118 Å². The highest BCUT2D eigenvalue weighted by atomic mass is 19.4. The zero-order valence-electron chi connectivity index (χ0n) is 29.4. The van der Waals surface area contributed by atoms with E-state index in [0.29, 0.717) is 31.6 Å². The summed E-state index contributed by atoms with van der Waals surface area (Å²) < 4.78 is 126. The lowest BCUT2D eigenvalue weighted by Gasteiger charge is -2.39. The van der Waals surface area contributed by atoms with E-state index in [2.05, 4.69) is 13.8 Å². The van der Waals surface area contributed by atoms with E-state index in [-0.39, 0.29) is 47.9 Å². The lowest BCUT2D eigenvalue weighted by molar-refractivity contribution is -0.373. The summed E-state index contributed by atoms with van der Waals surface area (Å²) >= 11 is 0. The summed E-state index contributed by atoms with van der Waals surface area (Å²) in [6.07, 6.45) is -12.1. The minimum atomic E-state index is -5.69. The molecule has 7 aliphatic rings. The summed E-state index contributed by atoms with van der Waals surface area (Å²) in [5.41, 5.74) is -7.10. The maximum atomic E-state index is 13.1. The Hall–Kier alpha value is -1.73. The molecule has 15 atom stereocenters. The van der Waals surface area contributed by atoms with Crippen LogP contribution in [0.25, 0.3) is 0 Å². The molecule has 1 heterocycles. The molecule has 6 saturated carbocycles. The molecule has 1 saturated heterocycles. The summed E-state index contributed by atoms with van der Waals surface area (Å²) in [5, 5.41) is 9.28. The van der Waals surface area contributed by atoms with Gasteiger partial charge in [-0.1, -0.05) is 34.6 Å². The number of fused-ring (bicyclic) bond motifs is 5. The second kappa shape index (κ2) is 13.3. The van der Waals surface area contributed by atoms with Crippen LogP contribution in [0.2, 0.25) is 0 Å². The maximum absolute atomic E-state index is 13.1. The average molecular weight is 735 g/mol. The van der Waals surface area contributed by atoms with Crippen LogP contribution in [-0.2, 0) is 19.1 Å². The average Bonchev–Trinajstić information content (AvgIpc) is 3.86. The largest absolute Gasteiger partial charge is 0.458 e. The smallest absolute Gasteiger partial charge is 0.426 e. The van der Waals surface area contributed by atoms with Gasteiger partial charge in [-0.25, -0.2) is 0 Å². The zero-order chi connectivity index (χ0) is 37.5. The number of hydrogen-bond acceptors (Lipinski definition) is 5. The van der Waals surface area contributed by atoms with Crippen LogP contribution in [0.5, 0.6) is 0 Å². The van der Waals surface area contributed by atoms with E-state index < -0.39 is 60.1 Å². The van der Waals surface area contributed by atoms with Crippen molar-refractivity contribution in [2.24, 2.45) is 76.4 Å². The van der Waals surface area contributed by atoms with E-state index in [1.54, 1.807) is 6.42 Å². The highest BCUT2D eigenvalue weighted by molar-refractivity contribution is 5.79. The maximum Gasteiger partial charge on any atom is 0.426 e. The Morgan fingerprint density at radius 2 is 1.26 bits per heavy atom. The van der Waals surface area contributed by atoms with Crippen LogP contribution in [0.3, 0.4) is 0 Å². The lowest BCUT2D eigenvalue weighted by atomic mass is 9.72. The van der Waals surface area contributed by atoms with E-state index in [1.165, 1.54) is 19.8 Å². The van der Waals surface area contributed by atoms with Crippen LogP contribution in [0.15, 0.2) is 0 Å². The summed E-state index contributed by atoms with van der Waals surface area (Å²) in [7, 11) is 0. The molecule has 1 aliphatic heterocycles. The molecule has 0 aromatic carbocycles. The standard InChI is InChI=1S/C14H17F3O4.C13H18F6O.C9H16/c1-3-13(2,14(15,16)17)12(19)21-9-6-4-7-8(5-6)11(18)20-10(7)9;1-6-7(2)10-4-8(6)3-9(10)5-11(20,12(14,15)16)13(17,18)19;1-6-7(2)9-4-3-8(6)5-9/h6-10H,3-5H2,1-2H3;6-10,20H,3-5H2,1-2H3;6-9H,3-5H2,1-2H3. The Balaban J connectivity index is 0.000000156. The molecule has 0 radical (unpaired) electrons. The fourth-order valence-corrected chi connectivity index (χ4v) is 10.7. The van der Waals surface area contributed by atoms with Gasteiger partial charge in [0.25, 0.3) is 5.60 Å². The third kappa shape index (κ3) is 6.56. The van der Waals surface area contributed by atoms with Crippen LogP contribution in [-0.4, -0.2) is 53.4 Å². The molecule has 0 aromatic rings. The molecule has 7 fully saturated rings. The predicted octanol–water partition coefficient (Wildman–Crippen LogP) is 9.31. The summed E-state index contributed by atoms with van der Waals surface area (Å²) in [6, 6.07) is 0. The Morgan fingerprint density at radius 3 is 1.68 bits per heavy atom. The summed E-state index contributed by atoms with van der Waals surface area (Å²) in [4.78, 5) is 23.6.